The summed E-state index contributed by atoms with van der Waals surface area (Å²) in [5, 5.41) is 20.3. The maximum absolute atomic E-state index is 14.2. The minimum absolute atomic E-state index is 0.0278. The van der Waals surface area contributed by atoms with E-state index in [0.717, 1.165) is 32.6 Å². The molecule has 498 valence electrons. The lowest BCUT2D eigenvalue weighted by atomic mass is 9.76. The molecular weight excluding hydrogens is 1210 g/mol. The van der Waals surface area contributed by atoms with Crippen molar-refractivity contribution in [2.24, 2.45) is 11.8 Å². The van der Waals surface area contributed by atoms with Crippen molar-refractivity contribution in [3.8, 4) is 0 Å². The summed E-state index contributed by atoms with van der Waals surface area (Å²) < 4.78 is 83.7. The van der Waals surface area contributed by atoms with Crippen molar-refractivity contribution in [1.29, 1.82) is 0 Å². The quantitative estimate of drug-likeness (QED) is 0.0392. The highest BCUT2D eigenvalue weighted by atomic mass is 28.4. The first-order chi connectivity index (χ1) is 45.7. The van der Waals surface area contributed by atoms with E-state index in [9.17, 15) is 19.5 Å². The minimum Gasteiger partial charge on any atom is -0.459 e. The molecule has 1 aliphatic carbocycles. The molecule has 19 heteroatoms. The molecule has 2 amide bonds. The van der Waals surface area contributed by atoms with Gasteiger partial charge in [-0.1, -0.05) is 217 Å². The van der Waals surface area contributed by atoms with Gasteiger partial charge in [-0.15, -0.1) is 0 Å². The van der Waals surface area contributed by atoms with Crippen LogP contribution in [0.3, 0.4) is 0 Å². The van der Waals surface area contributed by atoms with Crippen molar-refractivity contribution in [2.75, 3.05) is 0 Å². The number of benzene rings is 6. The summed E-state index contributed by atoms with van der Waals surface area (Å²) in [6.45, 7) is 10.7. The number of carbonyl (C=O) groups is 3. The summed E-state index contributed by atoms with van der Waals surface area (Å²) in [5.41, 5.74) is 3.64. The van der Waals surface area contributed by atoms with Crippen LogP contribution in [0.15, 0.2) is 182 Å². The second kappa shape index (κ2) is 29.2. The fourth-order valence-electron chi connectivity index (χ4n) is 15.4. The third-order valence-electron chi connectivity index (χ3n) is 20.0. The molecule has 6 heterocycles. The van der Waals surface area contributed by atoms with Crippen LogP contribution in [-0.2, 0) is 74.5 Å². The smallest absolute Gasteiger partial charge is 0.407 e. The topological polar surface area (TPSA) is 206 Å². The van der Waals surface area contributed by atoms with Crippen LogP contribution in [0.4, 0.5) is 9.59 Å². The molecule has 94 heavy (non-hydrogen) atoms. The molecule has 7 aliphatic rings. The van der Waals surface area contributed by atoms with Gasteiger partial charge in [-0.3, -0.25) is 4.79 Å². The van der Waals surface area contributed by atoms with Crippen LogP contribution < -0.4 is 21.0 Å². The number of aliphatic hydroxyl groups is 1. The van der Waals surface area contributed by atoms with E-state index in [2.05, 4.69) is 74.7 Å². The molecule has 0 radical (unpaired) electrons. The molecule has 6 saturated heterocycles. The molecule has 6 aliphatic heterocycles. The number of rotatable bonds is 19. The molecular formula is C75H88N2O16Si. The van der Waals surface area contributed by atoms with Crippen molar-refractivity contribution in [3.63, 3.8) is 0 Å². The Hall–Kier alpha value is -6.85. The molecule has 3 N–H and O–H groups in total. The molecule has 6 aromatic rings. The number of nitrogens with one attached hydrogen (secondary N) is 2. The molecule has 0 spiro atoms. The minimum atomic E-state index is -3.58. The van der Waals surface area contributed by atoms with Gasteiger partial charge in [0.2, 0.25) is 0 Å². The normalized spacial score (nSPS) is 33.2. The standard InChI is InChI=1S/C75H88N2O16Si/c1-6-55-67(91-71-62(77-74(81)83-45-48-27-15-8-16-28-48)63(79)66-59(88-71)40-38-57(85-66)50-31-19-10-20-32-50)69(93-94(75(3,4)5,52-33-21-11-22-34-52)53-35-23-12-24-36-53)72(86-55)92-68-64(46(2)41-51-42-61(78)89-65(51)68)90-70-54(76-73(80)82-44-47-25-13-7-14-26-47)43-60-58(87-70)39-37-56(84-60)49-29-17-9-18-30-49/h7-36,46,51,54-60,62-72,79H,6,37-45H2,1-5H3,(H,76,80)(H,77,81)/t46-,51-,54?,55+,56?,57?,58+,59-,60-,62+,63+,64+,65-,66+,67+,68-,69+,70+,71+,72-/m0/s1. The zero-order valence-corrected chi connectivity index (χ0v) is 55.0. The molecule has 20 atom stereocenters. The average molecular weight is 1300 g/mol. The van der Waals surface area contributed by atoms with Crippen molar-refractivity contribution < 1.29 is 76.0 Å². The number of hydrogen-bond acceptors (Lipinski definition) is 16. The van der Waals surface area contributed by atoms with E-state index in [1.807, 2.05) is 153 Å². The van der Waals surface area contributed by atoms with Gasteiger partial charge in [-0.25, -0.2) is 9.59 Å². The van der Waals surface area contributed by atoms with E-state index in [1.165, 1.54) is 0 Å². The lowest BCUT2D eigenvalue weighted by molar-refractivity contribution is -0.314. The van der Waals surface area contributed by atoms with Crippen LogP contribution in [0.2, 0.25) is 5.04 Å². The SMILES string of the molecule is CC[C@H]1O[C@@H](O[C@@H]2[C@H]3OC(=O)C[C@@H]3C[C@H](C)[C@H]2O[C@H]2O[C@@H]3CCC(c4ccccc4)O[C@H]3CC2NC(=O)OCc2ccccc2)[C@H](O[Si](c2ccccc2)(c2ccccc2)C(C)(C)C)[C@@H]1O[C@H]1O[C@H]2CCC(c3ccccc3)O[C@H]2[C@H](O)[C@H]1NC(=O)OCc1ccccc1. The van der Waals surface area contributed by atoms with E-state index >= 15 is 0 Å². The van der Waals surface area contributed by atoms with Crippen LogP contribution in [0.5, 0.6) is 0 Å². The molecule has 1 saturated carbocycles. The average Bonchev–Trinajstić information content (AvgIpc) is 1.28. The van der Waals surface area contributed by atoms with Gasteiger partial charge < -0.3 is 72.3 Å². The highest BCUT2D eigenvalue weighted by molar-refractivity contribution is 6.99. The second-order valence-corrected chi connectivity index (χ2v) is 31.5. The molecule has 0 aromatic heterocycles. The maximum atomic E-state index is 14.2. The Morgan fingerprint density at radius 3 is 1.63 bits per heavy atom. The van der Waals surface area contributed by atoms with Crippen LogP contribution in [0.1, 0.15) is 120 Å². The van der Waals surface area contributed by atoms with E-state index in [4.69, 9.17) is 56.5 Å². The Morgan fingerprint density at radius 2 is 1.05 bits per heavy atom. The monoisotopic (exact) mass is 1300 g/mol. The zero-order chi connectivity index (χ0) is 64.9. The second-order valence-electron chi connectivity index (χ2n) is 27.2. The van der Waals surface area contributed by atoms with Crippen LogP contribution >= 0.6 is 0 Å². The third kappa shape index (κ3) is 14.3. The lowest BCUT2D eigenvalue weighted by Crippen LogP contribution is -2.70. The van der Waals surface area contributed by atoms with Crippen molar-refractivity contribution in [1.82, 2.24) is 10.6 Å². The van der Waals surface area contributed by atoms with Gasteiger partial charge in [0.25, 0.3) is 8.32 Å². The number of aliphatic hydroxyl groups excluding tert-OH is 1. The first-order valence-corrected chi connectivity index (χ1v) is 35.5. The Bertz CT molecular complexity index is 3390. The van der Waals surface area contributed by atoms with Gasteiger partial charge in [-0.05, 0) is 82.1 Å². The number of fused-ring (bicyclic) bond motifs is 3. The van der Waals surface area contributed by atoms with E-state index in [-0.39, 0.29) is 55.8 Å². The number of alkyl carbamates (subject to hydrolysis) is 2. The number of esters is 1. The Morgan fingerprint density at radius 1 is 0.543 bits per heavy atom. The summed E-state index contributed by atoms with van der Waals surface area (Å²) in [6, 6.07) is 57.4. The number of carbonyl (C=O) groups excluding carboxylic acids is 3. The van der Waals surface area contributed by atoms with Crippen molar-refractivity contribution >= 4 is 36.8 Å². The zero-order valence-electron chi connectivity index (χ0n) is 54.0. The molecule has 13 rings (SSSR count). The van der Waals surface area contributed by atoms with Crippen LogP contribution in [-0.4, -0.2) is 130 Å². The number of hydrogen-bond donors (Lipinski definition) is 3. The maximum Gasteiger partial charge on any atom is 0.407 e. The Balaban J connectivity index is 0.857. The van der Waals surface area contributed by atoms with Gasteiger partial charge in [0, 0.05) is 12.3 Å². The Kier molecular flexibility index (Phi) is 20.5. The predicted octanol–water partition coefficient (Wildman–Crippen LogP) is 10.8. The first kappa shape index (κ1) is 65.8. The molecule has 18 nitrogen and oxygen atoms in total. The van der Waals surface area contributed by atoms with E-state index < -0.39 is 118 Å². The molecule has 0 bridgehead atoms. The van der Waals surface area contributed by atoms with Gasteiger partial charge in [0.15, 0.2) is 18.9 Å². The molecule has 3 unspecified atom stereocenters. The number of amides is 2. The fraction of sp³-hybridized carbons (Fsp3) is 0.480. The van der Waals surface area contributed by atoms with E-state index in [1.54, 1.807) is 0 Å². The highest BCUT2D eigenvalue weighted by Crippen LogP contribution is 2.48. The summed E-state index contributed by atoms with van der Waals surface area (Å²) in [6.07, 6.45) is -10.6. The van der Waals surface area contributed by atoms with Crippen molar-refractivity contribution in [2.45, 2.75) is 215 Å². The summed E-state index contributed by atoms with van der Waals surface area (Å²) in [4.78, 5) is 41.9. The first-order valence-electron chi connectivity index (χ1n) is 33.6. The predicted molar refractivity (Wildman–Crippen MR) is 349 cm³/mol. The summed E-state index contributed by atoms with van der Waals surface area (Å²) in [5.74, 6) is -0.839. The third-order valence-corrected chi connectivity index (χ3v) is 25.0. The Labute approximate surface area is 551 Å². The number of ether oxygens (including phenoxy) is 11. The lowest BCUT2D eigenvalue weighted by Gasteiger charge is -2.50. The van der Waals surface area contributed by atoms with Gasteiger partial charge in [0.05, 0.1) is 55.2 Å². The van der Waals surface area contributed by atoms with Crippen LogP contribution in [0.25, 0.3) is 0 Å². The van der Waals surface area contributed by atoms with Gasteiger partial charge in [0.1, 0.15) is 55.9 Å². The van der Waals surface area contributed by atoms with Crippen molar-refractivity contribution in [3.05, 3.63) is 204 Å². The van der Waals surface area contributed by atoms with Crippen LogP contribution in [0, 0.1) is 11.8 Å². The summed E-state index contributed by atoms with van der Waals surface area (Å²) in [7, 11) is -3.58. The highest BCUT2D eigenvalue weighted by Gasteiger charge is 2.62. The molecule has 7 fully saturated rings. The fourth-order valence-corrected chi connectivity index (χ4v) is 20.0. The van der Waals surface area contributed by atoms with Gasteiger partial charge in [-0.2, -0.15) is 0 Å². The van der Waals surface area contributed by atoms with Gasteiger partial charge >= 0.3 is 18.2 Å². The summed E-state index contributed by atoms with van der Waals surface area (Å²) >= 11 is 0. The molecule has 6 aromatic carbocycles. The van der Waals surface area contributed by atoms with E-state index in [0.29, 0.717) is 44.9 Å². The largest absolute Gasteiger partial charge is 0.459 e.